The number of nitrogens with zero attached hydrogens (tertiary/aromatic N) is 1. The third kappa shape index (κ3) is 1.73. The molecule has 1 aromatic heterocycles. The largest absolute Gasteiger partial charge is 0.388 e. The minimum atomic E-state index is -0.664. The summed E-state index contributed by atoms with van der Waals surface area (Å²) < 4.78 is 26.6. The summed E-state index contributed by atoms with van der Waals surface area (Å²) in [4.78, 5) is 6.37. The zero-order chi connectivity index (χ0) is 10.8. The molecule has 2 N–H and O–H groups in total. The number of benzene rings is 1. The first-order valence-corrected chi connectivity index (χ1v) is 4.31. The first-order valence-electron chi connectivity index (χ1n) is 4.31. The Balaban J connectivity index is 2.53. The van der Waals surface area contributed by atoms with Crippen molar-refractivity contribution in [2.75, 3.05) is 0 Å². The number of hydrogen-bond donors (Lipinski definition) is 2. The van der Waals surface area contributed by atoms with Gasteiger partial charge in [-0.15, -0.1) is 0 Å². The molecule has 0 aliphatic carbocycles. The van der Waals surface area contributed by atoms with Crippen LogP contribution in [-0.2, 0) is 6.61 Å². The predicted molar refractivity (Wildman–Crippen MR) is 49.9 cm³/mol. The van der Waals surface area contributed by atoms with Gasteiger partial charge in [-0.3, -0.25) is 0 Å². The van der Waals surface area contributed by atoms with E-state index in [4.69, 9.17) is 5.11 Å². The number of rotatable bonds is 2. The van der Waals surface area contributed by atoms with Crippen LogP contribution in [-0.4, -0.2) is 15.1 Å². The summed E-state index contributed by atoms with van der Waals surface area (Å²) in [5.41, 5.74) is 0.0550. The minimum absolute atomic E-state index is 0.162. The van der Waals surface area contributed by atoms with Gasteiger partial charge in [-0.05, 0) is 12.1 Å². The zero-order valence-electron chi connectivity index (χ0n) is 7.67. The van der Waals surface area contributed by atoms with Crippen LogP contribution in [0.2, 0.25) is 0 Å². The fourth-order valence-electron chi connectivity index (χ4n) is 1.32. The van der Waals surface area contributed by atoms with Crippen LogP contribution in [0.25, 0.3) is 11.3 Å². The molecular formula is C10H8F2N2O. The number of aromatic nitrogens is 2. The van der Waals surface area contributed by atoms with Gasteiger partial charge in [0.1, 0.15) is 24.1 Å². The molecule has 2 aromatic rings. The molecule has 0 aliphatic rings. The topological polar surface area (TPSA) is 48.9 Å². The summed E-state index contributed by atoms with van der Waals surface area (Å²) in [6, 6.07) is 3.62. The Morgan fingerprint density at radius 3 is 2.47 bits per heavy atom. The molecule has 0 saturated carbocycles. The normalized spacial score (nSPS) is 10.6. The Morgan fingerprint density at radius 1 is 1.27 bits per heavy atom. The third-order valence-electron chi connectivity index (χ3n) is 2.01. The van der Waals surface area contributed by atoms with Crippen LogP contribution in [0.3, 0.4) is 0 Å². The highest BCUT2D eigenvalue weighted by molar-refractivity contribution is 5.60. The van der Waals surface area contributed by atoms with Crippen LogP contribution in [0, 0.1) is 11.6 Å². The first-order chi connectivity index (χ1) is 7.22. The molecule has 0 bridgehead atoms. The lowest BCUT2D eigenvalue weighted by Gasteiger charge is -2.00. The maximum absolute atomic E-state index is 13.3. The zero-order valence-corrected chi connectivity index (χ0v) is 7.67. The van der Waals surface area contributed by atoms with E-state index in [0.29, 0.717) is 0 Å². The Kier molecular flexibility index (Phi) is 2.47. The molecule has 0 amide bonds. The number of H-pyrrole nitrogens is 1. The van der Waals surface area contributed by atoms with Crippen LogP contribution in [0.5, 0.6) is 0 Å². The lowest BCUT2D eigenvalue weighted by molar-refractivity contribution is 0.272. The van der Waals surface area contributed by atoms with Crippen molar-refractivity contribution in [2.45, 2.75) is 6.61 Å². The SMILES string of the molecule is OCc1ncc(-c2c(F)cccc2F)[nH]1. The minimum Gasteiger partial charge on any atom is -0.388 e. The predicted octanol–water partition coefficient (Wildman–Crippen LogP) is 1.85. The number of halogens is 2. The van der Waals surface area contributed by atoms with Crippen molar-refractivity contribution in [3.63, 3.8) is 0 Å². The summed E-state index contributed by atoms with van der Waals surface area (Å²) in [6.45, 7) is -0.296. The summed E-state index contributed by atoms with van der Waals surface area (Å²) in [6.07, 6.45) is 1.28. The van der Waals surface area contributed by atoms with E-state index in [-0.39, 0.29) is 23.7 Å². The maximum atomic E-state index is 13.3. The Hall–Kier alpha value is -1.75. The number of aliphatic hydroxyl groups is 1. The lowest BCUT2D eigenvalue weighted by Crippen LogP contribution is -1.90. The summed E-state index contributed by atoms with van der Waals surface area (Å²) in [5, 5.41) is 8.76. The highest BCUT2D eigenvalue weighted by Crippen LogP contribution is 2.23. The van der Waals surface area contributed by atoms with Gasteiger partial charge in [-0.2, -0.15) is 0 Å². The second-order valence-electron chi connectivity index (χ2n) is 3.00. The van der Waals surface area contributed by atoms with E-state index in [1.54, 1.807) is 0 Å². The maximum Gasteiger partial charge on any atom is 0.135 e. The molecule has 1 heterocycles. The fourth-order valence-corrected chi connectivity index (χ4v) is 1.32. The summed E-state index contributed by atoms with van der Waals surface area (Å²) in [7, 11) is 0. The van der Waals surface area contributed by atoms with Gasteiger partial charge in [0.05, 0.1) is 17.5 Å². The molecular weight excluding hydrogens is 202 g/mol. The van der Waals surface area contributed by atoms with E-state index in [9.17, 15) is 8.78 Å². The standard InChI is InChI=1S/C10H8F2N2O/c11-6-2-1-3-7(12)10(6)8-4-13-9(5-15)14-8/h1-4,15H,5H2,(H,13,14). The Labute approximate surface area is 84.4 Å². The van der Waals surface area contributed by atoms with E-state index in [1.807, 2.05) is 0 Å². The average Bonchev–Trinajstić information content (AvgIpc) is 2.66. The molecule has 0 spiro atoms. The molecule has 0 aliphatic heterocycles. The molecule has 0 saturated heterocycles. The highest BCUT2D eigenvalue weighted by Gasteiger charge is 2.12. The quantitative estimate of drug-likeness (QED) is 0.794. The molecule has 0 unspecified atom stereocenters. The van der Waals surface area contributed by atoms with Crippen LogP contribution in [0.1, 0.15) is 5.82 Å². The summed E-state index contributed by atoms with van der Waals surface area (Å²) in [5.74, 6) is -1.06. The second-order valence-corrected chi connectivity index (χ2v) is 3.00. The van der Waals surface area contributed by atoms with Crippen molar-refractivity contribution < 1.29 is 13.9 Å². The van der Waals surface area contributed by atoms with Crippen LogP contribution in [0.15, 0.2) is 24.4 Å². The summed E-state index contributed by atoms with van der Waals surface area (Å²) >= 11 is 0. The van der Waals surface area contributed by atoms with Crippen molar-refractivity contribution >= 4 is 0 Å². The lowest BCUT2D eigenvalue weighted by atomic mass is 10.1. The molecule has 0 fully saturated rings. The van der Waals surface area contributed by atoms with Gasteiger partial charge in [-0.25, -0.2) is 13.8 Å². The molecule has 0 atom stereocenters. The number of aromatic amines is 1. The van der Waals surface area contributed by atoms with Gasteiger partial charge in [-0.1, -0.05) is 6.07 Å². The molecule has 78 valence electrons. The number of hydrogen-bond acceptors (Lipinski definition) is 2. The van der Waals surface area contributed by atoms with Gasteiger partial charge < -0.3 is 10.1 Å². The van der Waals surface area contributed by atoms with E-state index in [0.717, 1.165) is 12.1 Å². The van der Waals surface area contributed by atoms with Crippen molar-refractivity contribution in [1.29, 1.82) is 0 Å². The van der Waals surface area contributed by atoms with Crippen LogP contribution < -0.4 is 0 Å². The van der Waals surface area contributed by atoms with Gasteiger partial charge in [0, 0.05) is 0 Å². The van der Waals surface area contributed by atoms with Crippen molar-refractivity contribution in [3.05, 3.63) is 41.9 Å². The van der Waals surface area contributed by atoms with Crippen molar-refractivity contribution in [1.82, 2.24) is 9.97 Å². The molecule has 1 aromatic carbocycles. The highest BCUT2D eigenvalue weighted by atomic mass is 19.1. The Morgan fingerprint density at radius 2 is 1.93 bits per heavy atom. The number of nitrogens with one attached hydrogen (secondary N) is 1. The van der Waals surface area contributed by atoms with Crippen molar-refractivity contribution in [3.8, 4) is 11.3 Å². The Bertz CT molecular complexity index is 462. The molecule has 5 heteroatoms. The fraction of sp³-hybridized carbons (Fsp3) is 0.100. The molecule has 15 heavy (non-hydrogen) atoms. The van der Waals surface area contributed by atoms with Crippen LogP contribution >= 0.6 is 0 Å². The first kappa shape index (κ1) is 9.79. The monoisotopic (exact) mass is 210 g/mol. The van der Waals surface area contributed by atoms with Crippen molar-refractivity contribution in [2.24, 2.45) is 0 Å². The van der Waals surface area contributed by atoms with Gasteiger partial charge in [0.2, 0.25) is 0 Å². The molecule has 2 rings (SSSR count). The average molecular weight is 210 g/mol. The van der Waals surface area contributed by atoms with E-state index < -0.39 is 11.6 Å². The van der Waals surface area contributed by atoms with E-state index in [1.165, 1.54) is 12.3 Å². The smallest absolute Gasteiger partial charge is 0.135 e. The molecule has 3 nitrogen and oxygen atoms in total. The van der Waals surface area contributed by atoms with Gasteiger partial charge >= 0.3 is 0 Å². The number of imidazole rings is 1. The molecule has 0 radical (unpaired) electrons. The van der Waals surface area contributed by atoms with E-state index >= 15 is 0 Å². The van der Waals surface area contributed by atoms with Crippen LogP contribution in [0.4, 0.5) is 8.78 Å². The number of aliphatic hydroxyl groups excluding tert-OH is 1. The van der Waals surface area contributed by atoms with Gasteiger partial charge in [0.25, 0.3) is 0 Å². The van der Waals surface area contributed by atoms with Gasteiger partial charge in [0.15, 0.2) is 0 Å². The third-order valence-corrected chi connectivity index (χ3v) is 2.01. The second kappa shape index (κ2) is 3.78. The van der Waals surface area contributed by atoms with E-state index in [2.05, 4.69) is 9.97 Å².